The van der Waals surface area contributed by atoms with E-state index in [1.165, 1.54) is 25.7 Å². The number of para-hydroxylation sites is 1. The van der Waals surface area contributed by atoms with E-state index in [0.717, 1.165) is 24.7 Å². The van der Waals surface area contributed by atoms with Gasteiger partial charge in [0.2, 0.25) is 0 Å². The second-order valence-electron chi connectivity index (χ2n) is 5.63. The summed E-state index contributed by atoms with van der Waals surface area (Å²) in [5.41, 5.74) is 6.28. The molecule has 1 unspecified atom stereocenters. The first-order valence-electron chi connectivity index (χ1n) is 7.19. The molecule has 2 heteroatoms. The molecule has 2 N–H and O–H groups in total. The van der Waals surface area contributed by atoms with Crippen molar-refractivity contribution in [1.82, 2.24) is 0 Å². The highest BCUT2D eigenvalue weighted by molar-refractivity contribution is 5.20. The maximum absolute atomic E-state index is 6.28. The van der Waals surface area contributed by atoms with Gasteiger partial charge in [0.25, 0.3) is 0 Å². The van der Waals surface area contributed by atoms with Gasteiger partial charge < -0.3 is 10.5 Å². The SMILES string of the molecule is CC1CCC(C(N)CCOc2ccccc2)CC1. The van der Waals surface area contributed by atoms with Crippen LogP contribution < -0.4 is 10.5 Å². The molecule has 0 amide bonds. The Morgan fingerprint density at radius 2 is 1.83 bits per heavy atom. The van der Waals surface area contributed by atoms with Crippen LogP contribution in [0.5, 0.6) is 5.75 Å². The average Bonchev–Trinajstić information content (AvgIpc) is 2.40. The molecule has 1 aliphatic carbocycles. The maximum Gasteiger partial charge on any atom is 0.119 e. The minimum absolute atomic E-state index is 0.307. The van der Waals surface area contributed by atoms with E-state index < -0.39 is 0 Å². The Bertz CT molecular complexity index is 330. The van der Waals surface area contributed by atoms with Crippen molar-refractivity contribution in [2.24, 2.45) is 17.6 Å². The van der Waals surface area contributed by atoms with E-state index in [1.54, 1.807) is 0 Å². The quantitative estimate of drug-likeness (QED) is 0.862. The smallest absolute Gasteiger partial charge is 0.119 e. The van der Waals surface area contributed by atoms with E-state index in [2.05, 4.69) is 6.92 Å². The van der Waals surface area contributed by atoms with Crippen LogP contribution in [0.2, 0.25) is 0 Å². The van der Waals surface area contributed by atoms with Gasteiger partial charge in [0.15, 0.2) is 0 Å². The summed E-state index contributed by atoms with van der Waals surface area (Å²) in [5, 5.41) is 0. The van der Waals surface area contributed by atoms with Crippen LogP contribution in [0.15, 0.2) is 30.3 Å². The zero-order chi connectivity index (χ0) is 12.8. The summed E-state index contributed by atoms with van der Waals surface area (Å²) in [5.74, 6) is 2.55. The molecular weight excluding hydrogens is 222 g/mol. The summed E-state index contributed by atoms with van der Waals surface area (Å²) in [7, 11) is 0. The Balaban J connectivity index is 1.67. The molecule has 0 saturated heterocycles. The standard InChI is InChI=1S/C16H25NO/c1-13-7-9-14(10-8-13)16(17)11-12-18-15-5-3-2-4-6-15/h2-6,13-14,16H,7-12,17H2,1H3. The highest BCUT2D eigenvalue weighted by atomic mass is 16.5. The topological polar surface area (TPSA) is 35.2 Å². The third-order valence-electron chi connectivity index (χ3n) is 4.13. The lowest BCUT2D eigenvalue weighted by molar-refractivity contribution is 0.220. The molecule has 0 radical (unpaired) electrons. The van der Waals surface area contributed by atoms with Gasteiger partial charge in [0, 0.05) is 6.04 Å². The van der Waals surface area contributed by atoms with E-state index in [9.17, 15) is 0 Å². The zero-order valence-electron chi connectivity index (χ0n) is 11.3. The first-order valence-corrected chi connectivity index (χ1v) is 7.19. The van der Waals surface area contributed by atoms with Crippen LogP contribution in [0.4, 0.5) is 0 Å². The molecule has 1 saturated carbocycles. The van der Waals surface area contributed by atoms with Crippen LogP contribution in [0, 0.1) is 11.8 Å². The predicted octanol–water partition coefficient (Wildman–Crippen LogP) is 3.61. The van der Waals surface area contributed by atoms with Crippen LogP contribution in [-0.4, -0.2) is 12.6 Å². The molecule has 0 aliphatic heterocycles. The van der Waals surface area contributed by atoms with E-state index >= 15 is 0 Å². The lowest BCUT2D eigenvalue weighted by Gasteiger charge is -2.30. The summed E-state index contributed by atoms with van der Waals surface area (Å²) in [6.45, 7) is 3.08. The number of hydrogen-bond donors (Lipinski definition) is 1. The van der Waals surface area contributed by atoms with Gasteiger partial charge in [-0.2, -0.15) is 0 Å². The fraction of sp³-hybridized carbons (Fsp3) is 0.625. The molecule has 1 fully saturated rings. The number of benzene rings is 1. The average molecular weight is 247 g/mol. The third kappa shape index (κ3) is 4.02. The van der Waals surface area contributed by atoms with Crippen molar-refractivity contribution in [1.29, 1.82) is 0 Å². The highest BCUT2D eigenvalue weighted by Gasteiger charge is 2.23. The van der Waals surface area contributed by atoms with Crippen LogP contribution >= 0.6 is 0 Å². The summed E-state index contributed by atoms with van der Waals surface area (Å²) in [4.78, 5) is 0. The van der Waals surface area contributed by atoms with Gasteiger partial charge in [0.05, 0.1) is 6.61 Å². The van der Waals surface area contributed by atoms with E-state index in [0.29, 0.717) is 12.0 Å². The Morgan fingerprint density at radius 1 is 1.17 bits per heavy atom. The molecule has 2 rings (SSSR count). The van der Waals surface area contributed by atoms with Crippen LogP contribution in [-0.2, 0) is 0 Å². The summed E-state index contributed by atoms with van der Waals surface area (Å²) >= 11 is 0. The van der Waals surface area contributed by atoms with Crippen molar-refractivity contribution in [2.75, 3.05) is 6.61 Å². The van der Waals surface area contributed by atoms with Gasteiger partial charge >= 0.3 is 0 Å². The summed E-state index contributed by atoms with van der Waals surface area (Å²) in [6.07, 6.45) is 6.26. The Hall–Kier alpha value is -1.02. The lowest BCUT2D eigenvalue weighted by Crippen LogP contribution is -2.34. The number of hydrogen-bond acceptors (Lipinski definition) is 2. The molecule has 0 spiro atoms. The molecular formula is C16H25NO. The second kappa shape index (κ2) is 6.79. The molecule has 18 heavy (non-hydrogen) atoms. The van der Waals surface area contributed by atoms with Gasteiger partial charge in [-0.25, -0.2) is 0 Å². The van der Waals surface area contributed by atoms with Gasteiger partial charge in [-0.05, 0) is 43.2 Å². The van der Waals surface area contributed by atoms with E-state index in [4.69, 9.17) is 10.5 Å². The van der Waals surface area contributed by atoms with Gasteiger partial charge in [0.1, 0.15) is 5.75 Å². The van der Waals surface area contributed by atoms with Crippen LogP contribution in [0.1, 0.15) is 39.0 Å². The molecule has 1 aliphatic rings. The monoisotopic (exact) mass is 247 g/mol. The van der Waals surface area contributed by atoms with Gasteiger partial charge in [-0.1, -0.05) is 38.0 Å². The minimum Gasteiger partial charge on any atom is -0.494 e. The van der Waals surface area contributed by atoms with Crippen molar-refractivity contribution in [3.05, 3.63) is 30.3 Å². The first kappa shape index (κ1) is 13.4. The summed E-state index contributed by atoms with van der Waals surface area (Å²) < 4.78 is 5.71. The number of rotatable bonds is 5. The number of nitrogens with two attached hydrogens (primary N) is 1. The molecule has 2 nitrogen and oxygen atoms in total. The van der Waals surface area contributed by atoms with E-state index in [-0.39, 0.29) is 0 Å². The fourth-order valence-electron chi connectivity index (χ4n) is 2.78. The zero-order valence-corrected chi connectivity index (χ0v) is 11.3. The largest absolute Gasteiger partial charge is 0.494 e. The summed E-state index contributed by atoms with van der Waals surface area (Å²) in [6, 6.07) is 10.3. The van der Waals surface area contributed by atoms with Gasteiger partial charge in [-0.15, -0.1) is 0 Å². The highest BCUT2D eigenvalue weighted by Crippen LogP contribution is 2.30. The van der Waals surface area contributed by atoms with Crippen molar-refractivity contribution in [3.8, 4) is 5.75 Å². The normalized spacial score (nSPS) is 25.7. The predicted molar refractivity (Wildman–Crippen MR) is 75.7 cm³/mol. The Morgan fingerprint density at radius 3 is 2.50 bits per heavy atom. The Kier molecular flexibility index (Phi) is 5.06. The van der Waals surface area contributed by atoms with Crippen molar-refractivity contribution < 1.29 is 4.74 Å². The van der Waals surface area contributed by atoms with Crippen molar-refractivity contribution >= 4 is 0 Å². The second-order valence-corrected chi connectivity index (χ2v) is 5.63. The fourth-order valence-corrected chi connectivity index (χ4v) is 2.78. The minimum atomic E-state index is 0.307. The third-order valence-corrected chi connectivity index (χ3v) is 4.13. The van der Waals surface area contributed by atoms with Crippen molar-refractivity contribution in [2.45, 2.75) is 45.1 Å². The van der Waals surface area contributed by atoms with Crippen LogP contribution in [0.3, 0.4) is 0 Å². The molecule has 1 atom stereocenters. The van der Waals surface area contributed by atoms with Crippen molar-refractivity contribution in [3.63, 3.8) is 0 Å². The first-order chi connectivity index (χ1) is 8.75. The lowest BCUT2D eigenvalue weighted by atomic mass is 9.79. The molecule has 100 valence electrons. The number of ether oxygens (including phenoxy) is 1. The molecule has 0 bridgehead atoms. The van der Waals surface area contributed by atoms with E-state index in [1.807, 2.05) is 30.3 Å². The van der Waals surface area contributed by atoms with Crippen LogP contribution in [0.25, 0.3) is 0 Å². The Labute approximate surface area is 111 Å². The molecule has 0 aromatic heterocycles. The van der Waals surface area contributed by atoms with Gasteiger partial charge in [-0.3, -0.25) is 0 Å². The molecule has 0 heterocycles. The maximum atomic E-state index is 6.28. The molecule has 1 aromatic carbocycles. The molecule has 1 aromatic rings.